The Kier molecular flexibility index (Phi) is 6.56. The van der Waals surface area contributed by atoms with Crippen molar-refractivity contribution in [1.29, 1.82) is 0 Å². The molecule has 1 aliphatic heterocycles. The van der Waals surface area contributed by atoms with E-state index in [1.807, 2.05) is 12.1 Å². The van der Waals surface area contributed by atoms with Gasteiger partial charge in [-0.25, -0.2) is 9.69 Å². The zero-order chi connectivity index (χ0) is 23.4. The molecule has 0 saturated carbocycles. The lowest BCUT2D eigenvalue weighted by Crippen LogP contribution is -2.28. The third-order valence-electron chi connectivity index (χ3n) is 4.98. The highest BCUT2D eigenvalue weighted by atomic mass is 35.5. The minimum atomic E-state index is -0.400. The summed E-state index contributed by atoms with van der Waals surface area (Å²) in [5, 5.41) is 0.443. The van der Waals surface area contributed by atoms with Crippen molar-refractivity contribution in [2.75, 3.05) is 11.5 Å². The number of para-hydroxylation sites is 1. The minimum Gasteiger partial charge on any atom is -0.462 e. The van der Waals surface area contributed by atoms with Gasteiger partial charge in [0.25, 0.3) is 5.91 Å². The van der Waals surface area contributed by atoms with Crippen molar-refractivity contribution in [3.8, 4) is 11.5 Å². The van der Waals surface area contributed by atoms with Crippen LogP contribution in [0.2, 0.25) is 5.02 Å². The highest BCUT2D eigenvalue weighted by molar-refractivity contribution is 6.32. The first kappa shape index (κ1) is 22.3. The molecule has 0 unspecified atom stereocenters. The van der Waals surface area contributed by atoms with Crippen LogP contribution in [0.5, 0.6) is 11.5 Å². The maximum absolute atomic E-state index is 13.0. The molecule has 3 aromatic carbocycles. The largest absolute Gasteiger partial charge is 0.462 e. The molecule has 7 heteroatoms. The normalized spacial score (nSPS) is 14.6. The van der Waals surface area contributed by atoms with Gasteiger partial charge in [-0.15, -0.1) is 0 Å². The zero-order valence-electron chi connectivity index (χ0n) is 17.8. The number of anilines is 1. The quantitative estimate of drug-likeness (QED) is 0.269. The molecule has 2 amide bonds. The van der Waals surface area contributed by atoms with Crippen molar-refractivity contribution in [2.45, 2.75) is 13.3 Å². The summed E-state index contributed by atoms with van der Waals surface area (Å²) in [7, 11) is 0. The molecule has 0 aliphatic carbocycles. The molecule has 4 rings (SSSR count). The van der Waals surface area contributed by atoms with Crippen LogP contribution in [0.25, 0.3) is 6.08 Å². The first-order valence-electron chi connectivity index (χ1n) is 10.3. The molecule has 1 fully saturated rings. The molecule has 1 saturated heterocycles. The van der Waals surface area contributed by atoms with Gasteiger partial charge in [-0.1, -0.05) is 35.9 Å². The maximum atomic E-state index is 13.0. The number of carbonyl (C=O) groups is 3. The van der Waals surface area contributed by atoms with Crippen LogP contribution in [-0.2, 0) is 14.3 Å². The third kappa shape index (κ3) is 4.96. The van der Waals surface area contributed by atoms with E-state index in [2.05, 4.69) is 0 Å². The molecule has 0 aromatic heterocycles. The summed E-state index contributed by atoms with van der Waals surface area (Å²) in [4.78, 5) is 38.5. The summed E-state index contributed by atoms with van der Waals surface area (Å²) in [6.45, 7) is 2.05. The average molecular weight is 462 g/mol. The second kappa shape index (κ2) is 9.71. The van der Waals surface area contributed by atoms with Gasteiger partial charge in [-0.2, -0.15) is 0 Å². The van der Waals surface area contributed by atoms with E-state index in [1.54, 1.807) is 73.7 Å². The average Bonchev–Trinajstić information content (AvgIpc) is 3.08. The van der Waals surface area contributed by atoms with Gasteiger partial charge in [0.15, 0.2) is 0 Å². The first-order chi connectivity index (χ1) is 16.0. The number of ether oxygens (including phenoxy) is 2. The lowest BCUT2D eigenvalue weighted by atomic mass is 10.1. The van der Waals surface area contributed by atoms with Crippen LogP contribution in [-0.4, -0.2) is 24.4 Å². The molecule has 6 nitrogen and oxygen atoms in total. The second-order valence-electron chi connectivity index (χ2n) is 7.25. The fourth-order valence-electron chi connectivity index (χ4n) is 3.44. The molecular weight excluding hydrogens is 442 g/mol. The van der Waals surface area contributed by atoms with E-state index in [9.17, 15) is 14.4 Å². The van der Waals surface area contributed by atoms with E-state index in [0.717, 1.165) is 4.90 Å². The summed E-state index contributed by atoms with van der Waals surface area (Å²) in [5.74, 6) is -0.0844. The maximum Gasteiger partial charge on any atom is 0.338 e. The van der Waals surface area contributed by atoms with Crippen LogP contribution < -0.4 is 9.64 Å². The van der Waals surface area contributed by atoms with E-state index in [0.29, 0.717) is 45.5 Å². The second-order valence-corrected chi connectivity index (χ2v) is 7.68. The molecule has 0 spiro atoms. The summed E-state index contributed by atoms with van der Waals surface area (Å²) < 4.78 is 11.0. The molecule has 3 aromatic rings. The van der Waals surface area contributed by atoms with Crippen LogP contribution in [0.4, 0.5) is 5.69 Å². The summed E-state index contributed by atoms with van der Waals surface area (Å²) >= 11 is 6.02. The number of imide groups is 1. The first-order valence-corrected chi connectivity index (χ1v) is 10.7. The summed E-state index contributed by atoms with van der Waals surface area (Å²) in [5.41, 5.74) is 1.87. The zero-order valence-corrected chi connectivity index (χ0v) is 18.5. The fourth-order valence-corrected chi connectivity index (χ4v) is 3.63. The molecular formula is C26H20ClNO5. The topological polar surface area (TPSA) is 72.9 Å². The van der Waals surface area contributed by atoms with Crippen molar-refractivity contribution in [2.24, 2.45) is 0 Å². The van der Waals surface area contributed by atoms with E-state index in [-0.39, 0.29) is 12.3 Å². The summed E-state index contributed by atoms with van der Waals surface area (Å²) in [6, 6.07) is 20.4. The molecule has 0 atom stereocenters. The SMILES string of the molecule is CCOC(=O)c1ccc(Oc2ccccc2/C=C2/CC(=O)N(c3cccc(Cl)c3)C2=O)cc1. The predicted molar refractivity (Wildman–Crippen MR) is 125 cm³/mol. The van der Waals surface area contributed by atoms with Crippen molar-refractivity contribution in [3.63, 3.8) is 0 Å². The fraction of sp³-hybridized carbons (Fsp3) is 0.115. The smallest absolute Gasteiger partial charge is 0.338 e. The van der Waals surface area contributed by atoms with Gasteiger partial charge < -0.3 is 9.47 Å². The van der Waals surface area contributed by atoms with Crippen LogP contribution in [0.15, 0.2) is 78.4 Å². The van der Waals surface area contributed by atoms with Gasteiger partial charge in [0.1, 0.15) is 11.5 Å². The van der Waals surface area contributed by atoms with Gasteiger partial charge in [-0.3, -0.25) is 9.59 Å². The van der Waals surface area contributed by atoms with Crippen LogP contribution in [0.1, 0.15) is 29.3 Å². The van der Waals surface area contributed by atoms with Gasteiger partial charge in [0.05, 0.1) is 24.3 Å². The molecule has 0 radical (unpaired) electrons. The Hall–Kier alpha value is -3.90. The Morgan fingerprint density at radius 3 is 2.52 bits per heavy atom. The Morgan fingerprint density at radius 2 is 1.79 bits per heavy atom. The molecule has 1 aliphatic rings. The van der Waals surface area contributed by atoms with Gasteiger partial charge in [0, 0.05) is 16.2 Å². The lowest BCUT2D eigenvalue weighted by Gasteiger charge is -2.13. The lowest BCUT2D eigenvalue weighted by molar-refractivity contribution is -0.120. The van der Waals surface area contributed by atoms with Crippen molar-refractivity contribution >= 4 is 41.1 Å². The number of carbonyl (C=O) groups excluding carboxylic acids is 3. The molecule has 1 heterocycles. The number of amides is 2. The van der Waals surface area contributed by atoms with Crippen LogP contribution in [0, 0.1) is 0 Å². The monoisotopic (exact) mass is 461 g/mol. The third-order valence-corrected chi connectivity index (χ3v) is 5.21. The van der Waals surface area contributed by atoms with Crippen LogP contribution >= 0.6 is 11.6 Å². The van der Waals surface area contributed by atoms with E-state index in [1.165, 1.54) is 0 Å². The van der Waals surface area contributed by atoms with E-state index < -0.39 is 11.9 Å². The van der Waals surface area contributed by atoms with Gasteiger partial charge >= 0.3 is 5.97 Å². The Labute approximate surface area is 196 Å². The minimum absolute atomic E-state index is 0.0199. The summed E-state index contributed by atoms with van der Waals surface area (Å²) in [6.07, 6.45) is 1.64. The van der Waals surface area contributed by atoms with Gasteiger partial charge in [-0.05, 0) is 61.5 Å². The highest BCUT2D eigenvalue weighted by Gasteiger charge is 2.35. The highest BCUT2D eigenvalue weighted by Crippen LogP contribution is 2.32. The number of benzene rings is 3. The number of hydrogen-bond acceptors (Lipinski definition) is 5. The van der Waals surface area contributed by atoms with Crippen molar-refractivity contribution < 1.29 is 23.9 Å². The number of hydrogen-bond donors (Lipinski definition) is 0. The number of esters is 1. The van der Waals surface area contributed by atoms with Gasteiger partial charge in [0.2, 0.25) is 5.91 Å². The number of halogens is 1. The molecule has 166 valence electrons. The number of rotatable bonds is 6. The number of nitrogens with zero attached hydrogens (tertiary/aromatic N) is 1. The molecule has 0 N–H and O–H groups in total. The Bertz CT molecular complexity index is 1250. The van der Waals surface area contributed by atoms with Crippen molar-refractivity contribution in [1.82, 2.24) is 0 Å². The van der Waals surface area contributed by atoms with Crippen molar-refractivity contribution in [3.05, 3.63) is 94.5 Å². The molecule has 33 heavy (non-hydrogen) atoms. The predicted octanol–water partition coefficient (Wildman–Crippen LogP) is 5.66. The van der Waals surface area contributed by atoms with Crippen LogP contribution in [0.3, 0.4) is 0 Å². The standard InChI is InChI=1S/C26H20ClNO5/c1-2-32-26(31)17-10-12-22(13-11-17)33-23-9-4-3-6-18(23)14-19-15-24(29)28(25(19)30)21-8-5-7-20(27)16-21/h3-14,16H,2,15H2,1H3/b19-14-. The molecule has 0 bridgehead atoms. The Morgan fingerprint density at radius 1 is 1.03 bits per heavy atom. The van der Waals surface area contributed by atoms with E-state index >= 15 is 0 Å². The van der Waals surface area contributed by atoms with E-state index in [4.69, 9.17) is 21.1 Å². The Balaban J connectivity index is 1.57.